The first-order valence-electron chi connectivity index (χ1n) is 5.23. The fraction of sp³-hybridized carbons (Fsp3) is 0.889. The van der Waals surface area contributed by atoms with E-state index in [2.05, 4.69) is 5.32 Å². The summed E-state index contributed by atoms with van der Waals surface area (Å²) in [7, 11) is 0. The van der Waals surface area contributed by atoms with Crippen molar-refractivity contribution < 1.29 is 31.1 Å². The van der Waals surface area contributed by atoms with Gasteiger partial charge in [0.15, 0.2) is 0 Å². The summed E-state index contributed by atoms with van der Waals surface area (Å²) in [4.78, 5) is 12.1. The number of likely N-dealkylation sites (N-methyl/N-ethyl adjacent to an activating group) is 1. The topological polar surface area (TPSA) is 32.3 Å². The third-order valence-electron chi connectivity index (χ3n) is 2.73. The first-order valence-corrected chi connectivity index (χ1v) is 5.23. The Morgan fingerprint density at radius 3 is 1.89 bits per heavy atom. The number of carbonyl (C=O) groups is 1. The smallest absolute Gasteiger partial charge is 0.337 e. The first kappa shape index (κ1) is 15.1. The number of amides is 1. The van der Waals surface area contributed by atoms with Crippen LogP contribution in [0.1, 0.15) is 6.92 Å². The SMILES string of the molecule is CCN(C(=O)C(C(F)(F)F)C(F)(F)F)C1CNC1. The summed E-state index contributed by atoms with van der Waals surface area (Å²) in [6.45, 7) is 1.58. The van der Waals surface area contributed by atoms with E-state index in [4.69, 9.17) is 0 Å². The van der Waals surface area contributed by atoms with Gasteiger partial charge < -0.3 is 10.2 Å². The monoisotopic (exact) mass is 278 g/mol. The minimum atomic E-state index is -5.63. The highest BCUT2D eigenvalue weighted by molar-refractivity contribution is 5.81. The van der Waals surface area contributed by atoms with E-state index in [-0.39, 0.29) is 19.6 Å². The average Bonchev–Trinajstić information content (AvgIpc) is 2.04. The molecule has 0 atom stereocenters. The highest BCUT2D eigenvalue weighted by Gasteiger charge is 2.62. The zero-order chi connectivity index (χ0) is 14.1. The minimum Gasteiger partial charge on any atom is -0.337 e. The van der Waals surface area contributed by atoms with Gasteiger partial charge in [-0.1, -0.05) is 0 Å². The van der Waals surface area contributed by atoms with Gasteiger partial charge in [0.25, 0.3) is 0 Å². The molecule has 0 saturated carbocycles. The Morgan fingerprint density at radius 2 is 1.67 bits per heavy atom. The Morgan fingerprint density at radius 1 is 1.22 bits per heavy atom. The summed E-state index contributed by atoms with van der Waals surface area (Å²) in [6.07, 6.45) is -11.3. The molecular weight excluding hydrogens is 266 g/mol. The van der Waals surface area contributed by atoms with E-state index in [0.29, 0.717) is 4.90 Å². The minimum absolute atomic E-state index is 0.187. The third kappa shape index (κ3) is 3.06. The molecule has 9 heteroatoms. The predicted octanol–water partition coefficient (Wildman–Crippen LogP) is 1.55. The second-order valence-electron chi connectivity index (χ2n) is 3.95. The third-order valence-corrected chi connectivity index (χ3v) is 2.73. The maximum atomic E-state index is 12.4. The first-order chi connectivity index (χ1) is 8.09. The van der Waals surface area contributed by atoms with Gasteiger partial charge in [-0.15, -0.1) is 0 Å². The quantitative estimate of drug-likeness (QED) is 0.794. The molecule has 106 valence electrons. The molecule has 1 fully saturated rings. The van der Waals surface area contributed by atoms with E-state index in [9.17, 15) is 31.1 Å². The Balaban J connectivity index is 2.94. The highest BCUT2D eigenvalue weighted by atomic mass is 19.4. The van der Waals surface area contributed by atoms with Crippen LogP contribution in [-0.4, -0.2) is 48.8 Å². The van der Waals surface area contributed by atoms with Gasteiger partial charge in [0, 0.05) is 19.6 Å². The van der Waals surface area contributed by atoms with Crippen LogP contribution in [0.3, 0.4) is 0 Å². The van der Waals surface area contributed by atoms with Crippen LogP contribution < -0.4 is 5.32 Å². The van der Waals surface area contributed by atoms with Crippen LogP contribution >= 0.6 is 0 Å². The molecule has 0 bridgehead atoms. The normalized spacial score (nSPS) is 17.8. The van der Waals surface area contributed by atoms with Gasteiger partial charge in [0.2, 0.25) is 11.8 Å². The largest absolute Gasteiger partial charge is 0.409 e. The molecule has 0 spiro atoms. The second kappa shape index (κ2) is 4.94. The number of carbonyl (C=O) groups excluding carboxylic acids is 1. The molecule has 0 radical (unpaired) electrons. The van der Waals surface area contributed by atoms with Crippen LogP contribution in [0.2, 0.25) is 0 Å². The average molecular weight is 278 g/mol. The molecule has 1 aliphatic rings. The molecule has 0 aromatic rings. The summed E-state index contributed by atoms with van der Waals surface area (Å²) < 4.78 is 74.2. The van der Waals surface area contributed by atoms with Crippen molar-refractivity contribution in [3.8, 4) is 0 Å². The van der Waals surface area contributed by atoms with Crippen molar-refractivity contribution >= 4 is 5.91 Å². The Hall–Kier alpha value is -0.990. The molecule has 0 aromatic carbocycles. The molecule has 1 amide bonds. The van der Waals surface area contributed by atoms with Crippen molar-refractivity contribution in [2.45, 2.75) is 25.3 Å². The molecule has 1 aliphatic heterocycles. The summed E-state index contributed by atoms with van der Waals surface area (Å²) >= 11 is 0. The second-order valence-corrected chi connectivity index (χ2v) is 3.95. The van der Waals surface area contributed by atoms with E-state index in [0.717, 1.165) is 0 Å². The number of hydrogen-bond donors (Lipinski definition) is 1. The molecule has 1 heterocycles. The predicted molar refractivity (Wildman–Crippen MR) is 49.6 cm³/mol. The fourth-order valence-corrected chi connectivity index (χ4v) is 1.72. The molecular formula is C9H12F6N2O. The van der Waals surface area contributed by atoms with Crippen LogP contribution in [0.4, 0.5) is 26.3 Å². The van der Waals surface area contributed by atoms with Gasteiger partial charge in [-0.3, -0.25) is 4.79 Å². The van der Waals surface area contributed by atoms with Crippen molar-refractivity contribution in [1.82, 2.24) is 10.2 Å². The maximum Gasteiger partial charge on any atom is 0.409 e. The number of nitrogens with one attached hydrogen (secondary N) is 1. The zero-order valence-electron chi connectivity index (χ0n) is 9.40. The lowest BCUT2D eigenvalue weighted by atomic mass is 10.0. The van der Waals surface area contributed by atoms with Gasteiger partial charge >= 0.3 is 12.4 Å². The van der Waals surface area contributed by atoms with Crippen LogP contribution in [0.25, 0.3) is 0 Å². The van der Waals surface area contributed by atoms with E-state index in [1.165, 1.54) is 6.92 Å². The standard InChI is InChI=1S/C9H12F6N2O/c1-2-17(5-3-16-4-5)7(18)6(8(10,11)12)9(13,14)15/h5-6,16H,2-4H2,1H3. The fourth-order valence-electron chi connectivity index (χ4n) is 1.72. The zero-order valence-corrected chi connectivity index (χ0v) is 9.40. The van der Waals surface area contributed by atoms with Crippen LogP contribution in [-0.2, 0) is 4.79 Å². The summed E-state index contributed by atoms with van der Waals surface area (Å²) in [5, 5.41) is 2.69. The molecule has 0 aliphatic carbocycles. The van der Waals surface area contributed by atoms with E-state index in [1.807, 2.05) is 0 Å². The Kier molecular flexibility index (Phi) is 4.14. The Labute approximate surface area is 99.1 Å². The number of hydrogen-bond acceptors (Lipinski definition) is 2. The summed E-state index contributed by atoms with van der Waals surface area (Å²) in [5.74, 6) is -5.87. The van der Waals surface area contributed by atoms with Crippen LogP contribution in [0, 0.1) is 5.92 Å². The Bertz CT molecular complexity index is 295. The van der Waals surface area contributed by atoms with Crippen molar-refractivity contribution in [3.05, 3.63) is 0 Å². The molecule has 0 unspecified atom stereocenters. The highest BCUT2D eigenvalue weighted by Crippen LogP contribution is 2.40. The number of nitrogens with zero attached hydrogens (tertiary/aromatic N) is 1. The number of halogens is 6. The van der Waals surface area contributed by atoms with E-state index >= 15 is 0 Å². The van der Waals surface area contributed by atoms with Crippen LogP contribution in [0.15, 0.2) is 0 Å². The van der Waals surface area contributed by atoms with Crippen molar-refractivity contribution in [2.75, 3.05) is 19.6 Å². The molecule has 1 saturated heterocycles. The van der Waals surface area contributed by atoms with E-state index in [1.54, 1.807) is 0 Å². The molecule has 0 aromatic heterocycles. The molecule has 18 heavy (non-hydrogen) atoms. The van der Waals surface area contributed by atoms with Gasteiger partial charge in [-0.25, -0.2) is 0 Å². The molecule has 3 nitrogen and oxygen atoms in total. The number of rotatable bonds is 3. The number of alkyl halides is 6. The van der Waals surface area contributed by atoms with Gasteiger partial charge in [-0.05, 0) is 6.92 Å². The van der Waals surface area contributed by atoms with Crippen molar-refractivity contribution in [2.24, 2.45) is 5.92 Å². The lowest BCUT2D eigenvalue weighted by Crippen LogP contribution is -2.62. The summed E-state index contributed by atoms with van der Waals surface area (Å²) in [5.41, 5.74) is 0. The molecule has 1 N–H and O–H groups in total. The van der Waals surface area contributed by atoms with E-state index < -0.39 is 30.2 Å². The molecule has 1 rings (SSSR count). The van der Waals surface area contributed by atoms with Gasteiger partial charge in [0.1, 0.15) is 0 Å². The lowest BCUT2D eigenvalue weighted by molar-refractivity contribution is -0.278. The summed E-state index contributed by atoms with van der Waals surface area (Å²) in [6, 6.07) is -0.602. The van der Waals surface area contributed by atoms with Crippen molar-refractivity contribution in [1.29, 1.82) is 0 Å². The maximum absolute atomic E-state index is 12.4. The van der Waals surface area contributed by atoms with Gasteiger partial charge in [-0.2, -0.15) is 26.3 Å². The van der Waals surface area contributed by atoms with Gasteiger partial charge in [0.05, 0.1) is 6.04 Å². The van der Waals surface area contributed by atoms with Crippen molar-refractivity contribution in [3.63, 3.8) is 0 Å². The van der Waals surface area contributed by atoms with Crippen LogP contribution in [0.5, 0.6) is 0 Å². The lowest BCUT2D eigenvalue weighted by Gasteiger charge is -2.39.